The van der Waals surface area contributed by atoms with Gasteiger partial charge in [0.2, 0.25) is 0 Å². The molecule has 0 saturated carbocycles. The van der Waals surface area contributed by atoms with E-state index in [-0.39, 0.29) is 0 Å². The average molecular weight is 213 g/mol. The summed E-state index contributed by atoms with van der Waals surface area (Å²) in [4.78, 5) is 12.7. The second-order valence-corrected chi connectivity index (χ2v) is 3.62. The minimum atomic E-state index is -0.559. The number of nitriles is 1. The quantitative estimate of drug-likeness (QED) is 0.676. The van der Waals surface area contributed by atoms with Crippen molar-refractivity contribution in [1.82, 2.24) is 4.57 Å². The molecule has 0 bridgehead atoms. The van der Waals surface area contributed by atoms with Gasteiger partial charge in [0, 0.05) is 31.2 Å². The molecule has 1 heterocycles. The molecule has 0 radical (unpaired) electrons. The van der Waals surface area contributed by atoms with Crippen LogP contribution in [0.15, 0.2) is 30.5 Å². The highest BCUT2D eigenvalue weighted by Gasteiger charge is 2.14. The predicted molar refractivity (Wildman–Crippen MR) is 61.9 cm³/mol. The Morgan fingerprint density at radius 1 is 1.44 bits per heavy atom. The fourth-order valence-electron chi connectivity index (χ4n) is 1.77. The highest BCUT2D eigenvalue weighted by atomic mass is 16.2. The van der Waals surface area contributed by atoms with Gasteiger partial charge in [-0.2, -0.15) is 5.26 Å². The number of fused-ring (bicyclic) bond motifs is 1. The maximum absolute atomic E-state index is 11.3. The molecule has 0 aliphatic carbocycles. The van der Waals surface area contributed by atoms with Crippen LogP contribution in [0.25, 0.3) is 10.9 Å². The van der Waals surface area contributed by atoms with Crippen molar-refractivity contribution in [2.75, 3.05) is 11.9 Å². The van der Waals surface area contributed by atoms with Gasteiger partial charge in [-0.3, -0.25) is 4.79 Å². The smallest absolute Gasteiger partial charge is 0.329 e. The summed E-state index contributed by atoms with van der Waals surface area (Å²) in [5.74, 6) is -0.559. The number of para-hydroxylation sites is 1. The third kappa shape index (κ3) is 1.43. The summed E-state index contributed by atoms with van der Waals surface area (Å²) < 4.78 is 1.94. The van der Waals surface area contributed by atoms with E-state index in [4.69, 9.17) is 5.26 Å². The number of hydrogen-bond acceptors (Lipinski definition) is 2. The Bertz CT molecular complexity index is 592. The zero-order valence-electron chi connectivity index (χ0n) is 9.14. The van der Waals surface area contributed by atoms with Crippen LogP contribution < -0.4 is 4.90 Å². The van der Waals surface area contributed by atoms with Gasteiger partial charge in [-0.25, -0.2) is 0 Å². The first-order valence-electron chi connectivity index (χ1n) is 4.87. The van der Waals surface area contributed by atoms with Crippen LogP contribution >= 0.6 is 0 Å². The van der Waals surface area contributed by atoms with Gasteiger partial charge >= 0.3 is 5.91 Å². The Kier molecular flexibility index (Phi) is 2.37. The molecule has 0 N–H and O–H groups in total. The number of aryl methyl sites for hydroxylation is 1. The van der Waals surface area contributed by atoms with Gasteiger partial charge in [0.15, 0.2) is 6.07 Å². The lowest BCUT2D eigenvalue weighted by molar-refractivity contribution is -0.113. The van der Waals surface area contributed by atoms with Gasteiger partial charge in [0.1, 0.15) is 0 Å². The first-order valence-corrected chi connectivity index (χ1v) is 4.87. The second kappa shape index (κ2) is 3.70. The fourth-order valence-corrected chi connectivity index (χ4v) is 1.77. The largest absolute Gasteiger partial charge is 0.348 e. The molecule has 2 aromatic rings. The van der Waals surface area contributed by atoms with E-state index in [1.54, 1.807) is 13.1 Å². The molecule has 4 nitrogen and oxygen atoms in total. The number of rotatable bonds is 1. The molecule has 0 fully saturated rings. The Morgan fingerprint density at radius 3 is 2.81 bits per heavy atom. The van der Waals surface area contributed by atoms with Gasteiger partial charge in [-0.05, 0) is 6.07 Å². The number of carbonyl (C=O) groups is 1. The summed E-state index contributed by atoms with van der Waals surface area (Å²) in [7, 11) is 3.52. The van der Waals surface area contributed by atoms with E-state index in [9.17, 15) is 4.79 Å². The van der Waals surface area contributed by atoms with Gasteiger partial charge in [0.25, 0.3) is 0 Å². The van der Waals surface area contributed by atoms with Crippen LogP contribution in [-0.2, 0) is 11.8 Å². The number of carbonyl (C=O) groups excluding carboxylic acids is 1. The fraction of sp³-hybridized carbons (Fsp3) is 0.167. The molecule has 16 heavy (non-hydrogen) atoms. The number of nitrogens with zero attached hydrogens (tertiary/aromatic N) is 3. The maximum Gasteiger partial charge on any atom is 0.329 e. The Balaban J connectivity index is 2.62. The topological polar surface area (TPSA) is 49.0 Å². The van der Waals surface area contributed by atoms with Crippen molar-refractivity contribution in [1.29, 1.82) is 5.26 Å². The molecule has 4 heteroatoms. The molecular formula is C12H11N3O. The van der Waals surface area contributed by atoms with Crippen molar-refractivity contribution < 1.29 is 4.79 Å². The van der Waals surface area contributed by atoms with E-state index in [2.05, 4.69) is 0 Å². The number of aromatic nitrogens is 1. The second-order valence-electron chi connectivity index (χ2n) is 3.62. The van der Waals surface area contributed by atoms with Gasteiger partial charge in [0.05, 0.1) is 5.69 Å². The van der Waals surface area contributed by atoms with E-state index < -0.39 is 5.91 Å². The first kappa shape index (κ1) is 10.2. The lowest BCUT2D eigenvalue weighted by Gasteiger charge is -2.11. The molecule has 0 saturated heterocycles. The molecular weight excluding hydrogens is 202 g/mol. The van der Waals surface area contributed by atoms with Crippen LogP contribution in [0.1, 0.15) is 0 Å². The summed E-state index contributed by atoms with van der Waals surface area (Å²) in [6.45, 7) is 0. The molecule has 1 aromatic heterocycles. The predicted octanol–water partition coefficient (Wildman–Crippen LogP) is 1.66. The highest BCUT2D eigenvalue weighted by molar-refractivity contribution is 6.09. The van der Waals surface area contributed by atoms with Crippen molar-refractivity contribution in [3.63, 3.8) is 0 Å². The molecule has 0 unspecified atom stereocenters. The molecule has 1 aromatic carbocycles. The monoisotopic (exact) mass is 213 g/mol. The number of amides is 1. The zero-order chi connectivity index (χ0) is 11.7. The summed E-state index contributed by atoms with van der Waals surface area (Å²) in [6.07, 6.45) is 1.85. The molecule has 1 amide bonds. The van der Waals surface area contributed by atoms with E-state index >= 15 is 0 Å². The number of hydrogen-bond donors (Lipinski definition) is 0. The standard InChI is InChI=1S/C12H11N3O/c1-14-8-11(15(2)12(16)7-13)9-5-3-4-6-10(9)14/h3-6,8H,1-2H3. The minimum Gasteiger partial charge on any atom is -0.348 e. The lowest BCUT2D eigenvalue weighted by atomic mass is 10.2. The van der Waals surface area contributed by atoms with Crippen LogP contribution in [0.5, 0.6) is 0 Å². The van der Waals surface area contributed by atoms with Crippen molar-refractivity contribution >= 4 is 22.5 Å². The molecule has 0 spiro atoms. The van der Waals surface area contributed by atoms with Crippen LogP contribution in [0.3, 0.4) is 0 Å². The van der Waals surface area contributed by atoms with E-state index in [0.29, 0.717) is 0 Å². The first-order chi connectivity index (χ1) is 7.65. The van der Waals surface area contributed by atoms with Crippen LogP contribution in [0.2, 0.25) is 0 Å². The van der Waals surface area contributed by atoms with Crippen LogP contribution in [-0.4, -0.2) is 17.5 Å². The molecule has 0 aliphatic heterocycles. The minimum absolute atomic E-state index is 0.559. The summed E-state index contributed by atoms with van der Waals surface area (Å²) >= 11 is 0. The van der Waals surface area contributed by atoms with Gasteiger partial charge in [-0.15, -0.1) is 0 Å². The molecule has 2 rings (SSSR count). The summed E-state index contributed by atoms with van der Waals surface area (Å²) in [6, 6.07) is 9.38. The molecule has 80 valence electrons. The SMILES string of the molecule is CN(C(=O)C#N)c1cn(C)c2ccccc12. The number of anilines is 1. The van der Waals surface area contributed by atoms with E-state index in [0.717, 1.165) is 16.6 Å². The van der Waals surface area contributed by atoms with Gasteiger partial charge in [-0.1, -0.05) is 18.2 Å². The third-order valence-electron chi connectivity index (χ3n) is 2.64. The third-order valence-corrected chi connectivity index (χ3v) is 2.64. The Hall–Kier alpha value is -2.28. The van der Waals surface area contributed by atoms with E-state index in [1.807, 2.05) is 42.1 Å². The normalized spacial score (nSPS) is 10.1. The molecule has 0 aliphatic rings. The molecule has 0 atom stereocenters. The average Bonchev–Trinajstić information content (AvgIpc) is 2.65. The van der Waals surface area contributed by atoms with E-state index in [1.165, 1.54) is 4.90 Å². The van der Waals surface area contributed by atoms with Crippen LogP contribution in [0, 0.1) is 11.3 Å². The van der Waals surface area contributed by atoms with Crippen molar-refractivity contribution in [3.05, 3.63) is 30.5 Å². The Morgan fingerprint density at radius 2 is 2.12 bits per heavy atom. The van der Waals surface area contributed by atoms with Crippen LogP contribution in [0.4, 0.5) is 5.69 Å². The number of benzene rings is 1. The zero-order valence-corrected chi connectivity index (χ0v) is 9.14. The summed E-state index contributed by atoms with van der Waals surface area (Å²) in [5, 5.41) is 9.57. The summed E-state index contributed by atoms with van der Waals surface area (Å²) in [5.41, 5.74) is 1.79. The van der Waals surface area contributed by atoms with Crippen molar-refractivity contribution in [2.45, 2.75) is 0 Å². The van der Waals surface area contributed by atoms with Crippen molar-refractivity contribution in [3.8, 4) is 6.07 Å². The van der Waals surface area contributed by atoms with Gasteiger partial charge < -0.3 is 9.47 Å². The van der Waals surface area contributed by atoms with Crippen molar-refractivity contribution in [2.24, 2.45) is 7.05 Å². The highest BCUT2D eigenvalue weighted by Crippen LogP contribution is 2.27. The lowest BCUT2D eigenvalue weighted by Crippen LogP contribution is -2.23. The Labute approximate surface area is 93.3 Å². The maximum atomic E-state index is 11.3.